The first-order valence-electron chi connectivity index (χ1n) is 22.5. The number of aliphatic hydroxyl groups is 7. The van der Waals surface area contributed by atoms with Crippen molar-refractivity contribution in [1.29, 1.82) is 0 Å². The highest BCUT2D eigenvalue weighted by molar-refractivity contribution is 5.95. The van der Waals surface area contributed by atoms with E-state index < -0.39 is 97.3 Å². The van der Waals surface area contributed by atoms with Gasteiger partial charge in [0.1, 0.15) is 47.9 Å². The lowest BCUT2D eigenvalue weighted by molar-refractivity contribution is -0.408. The van der Waals surface area contributed by atoms with Crippen molar-refractivity contribution in [3.05, 3.63) is 111 Å². The van der Waals surface area contributed by atoms with Crippen LogP contribution in [0.4, 0.5) is 0 Å². The first-order valence-corrected chi connectivity index (χ1v) is 22.5. The number of phenolic OH excluding ortho intramolecular Hbond substituents is 1. The normalized spacial score (nSPS) is 24.9. The van der Waals surface area contributed by atoms with Gasteiger partial charge in [-0.1, -0.05) is 48.6 Å². The lowest BCUT2D eigenvalue weighted by atomic mass is 9.84. The minimum Gasteiger partial charge on any atom is -0.508 e. The molecule has 4 aliphatic rings. The largest absolute Gasteiger partial charge is 0.508 e. The molecule has 0 unspecified atom stereocenters. The Bertz CT molecular complexity index is 2710. The van der Waals surface area contributed by atoms with E-state index in [9.17, 15) is 60.3 Å². The predicted octanol–water partition coefficient (Wildman–Crippen LogP) is 1.88. The summed E-state index contributed by atoms with van der Waals surface area (Å²) in [5.41, 5.74) is -1.07. The summed E-state index contributed by atoms with van der Waals surface area (Å²) in [7, 11) is 0. The lowest BCUT2D eigenvalue weighted by Gasteiger charge is -2.52. The van der Waals surface area contributed by atoms with Gasteiger partial charge in [-0.3, -0.25) is 29.5 Å². The van der Waals surface area contributed by atoms with E-state index in [2.05, 4.69) is 10.3 Å². The molecule has 368 valence electrons. The van der Waals surface area contributed by atoms with Crippen LogP contribution >= 0.6 is 0 Å². The molecular formula is C49H55N3O17. The van der Waals surface area contributed by atoms with E-state index in [4.69, 9.17) is 23.5 Å². The Hall–Kier alpha value is -6.04. The van der Waals surface area contributed by atoms with Gasteiger partial charge >= 0.3 is 11.9 Å². The molecule has 1 aliphatic carbocycles. The number of hydrogen-bond acceptors (Lipinski definition) is 19. The fraction of sp³-hybridized carbons (Fsp3) is 0.429. The number of benzene rings is 3. The van der Waals surface area contributed by atoms with Gasteiger partial charge in [-0.2, -0.15) is 0 Å². The first kappa shape index (κ1) is 49.4. The third-order valence-corrected chi connectivity index (χ3v) is 13.0. The number of carboxylic acid groups (broad SMARTS) is 1. The maximum atomic E-state index is 14.0. The number of aromatic hydroxyl groups is 1. The van der Waals surface area contributed by atoms with Crippen LogP contribution in [0.1, 0.15) is 55.2 Å². The standard InChI is InChI=1S/C49H55N3O17/c1-26-18-27(2)20-30(19-26)39-38-29(14-16-50-38)22-52(39)69-47(24-54)42(59)41(58)43(49(64,25-55)68-45(62)37(44(60)61)48(63,15-17-53)51-31-6-4-3-5-7-31)67-46(47)66-33-12-13-34-36(21-33)65-23-35(40(34)57)28-8-10-32(56)11-9-28/h8-14,16,18-21,23,31,37,41-43,46,51,53-56,58-59,63-64H,3-7,15,17,22,24-25H2,1-2H3,(H,60,61)/t37-,41+,42+,43+,46-,47-,48-,49+/m0/s1. The number of aryl methyl sites for hydroxylation is 2. The summed E-state index contributed by atoms with van der Waals surface area (Å²) >= 11 is 0. The SMILES string of the molecule is Cc1cc(C)cc(C2=C3N=CC=C3CN2O[C@]2(CO)[C@@H](Oc3ccc4c(=O)c(-c5ccc(O)cc5)coc4c3)O[C@@H]([C@@](O)(CO)OC(=O)[C@H](C(=O)O)[C@@](O)(CCO)NC3CCCCC3)[C@H](O)[C@H]2O)c1. The van der Waals surface area contributed by atoms with Gasteiger partial charge < -0.3 is 64.6 Å². The van der Waals surface area contributed by atoms with E-state index in [0.29, 0.717) is 40.9 Å². The van der Waals surface area contributed by atoms with Crippen molar-refractivity contribution in [2.24, 2.45) is 10.9 Å². The summed E-state index contributed by atoms with van der Waals surface area (Å²) in [5, 5.41) is 104. The molecule has 2 fully saturated rings. The molecule has 3 aromatic carbocycles. The molecule has 8 atom stereocenters. The number of allylic oxidation sites excluding steroid dienone is 1. The molecule has 0 amide bonds. The van der Waals surface area contributed by atoms with Crippen LogP contribution < -0.4 is 15.5 Å². The number of rotatable bonds is 17. The van der Waals surface area contributed by atoms with E-state index in [1.165, 1.54) is 53.8 Å². The molecule has 4 aromatic rings. The fourth-order valence-corrected chi connectivity index (χ4v) is 9.58. The Kier molecular flexibility index (Phi) is 14.1. The fourth-order valence-electron chi connectivity index (χ4n) is 9.58. The molecule has 4 heterocycles. The Morgan fingerprint density at radius 3 is 2.33 bits per heavy atom. The molecule has 10 N–H and O–H groups in total. The maximum absolute atomic E-state index is 14.0. The number of aliphatic hydroxyl groups excluding tert-OH is 5. The van der Waals surface area contributed by atoms with Gasteiger partial charge in [0.2, 0.25) is 11.9 Å². The van der Waals surface area contributed by atoms with Crippen LogP contribution in [-0.2, 0) is 23.9 Å². The number of fused-ring (bicyclic) bond motifs is 2. The van der Waals surface area contributed by atoms with Crippen LogP contribution in [0.2, 0.25) is 0 Å². The number of carbonyl (C=O) groups is 2. The minimum absolute atomic E-state index is 0.0106. The first-order chi connectivity index (χ1) is 32.9. The average molecular weight is 958 g/mol. The number of nitrogens with zero attached hydrogens (tertiary/aromatic N) is 2. The van der Waals surface area contributed by atoms with E-state index in [-0.39, 0.29) is 34.6 Å². The predicted molar refractivity (Wildman–Crippen MR) is 244 cm³/mol. The Balaban J connectivity index is 1.17. The molecule has 8 rings (SSSR count). The Morgan fingerprint density at radius 2 is 1.68 bits per heavy atom. The zero-order valence-corrected chi connectivity index (χ0v) is 37.7. The molecule has 69 heavy (non-hydrogen) atoms. The van der Waals surface area contributed by atoms with Crippen molar-refractivity contribution < 1.29 is 79.0 Å². The monoisotopic (exact) mass is 957 g/mol. The van der Waals surface area contributed by atoms with Crippen LogP contribution in [0.5, 0.6) is 11.5 Å². The molecule has 3 aliphatic heterocycles. The Labute approximate surface area is 394 Å². The van der Waals surface area contributed by atoms with Gasteiger partial charge in [-0.05, 0) is 74.7 Å². The summed E-state index contributed by atoms with van der Waals surface area (Å²) in [4.78, 5) is 51.6. The van der Waals surface area contributed by atoms with Gasteiger partial charge in [0, 0.05) is 42.5 Å². The zero-order chi connectivity index (χ0) is 49.4. The number of hydroxylamine groups is 2. The molecule has 0 radical (unpaired) electrons. The molecule has 20 heteroatoms. The molecule has 1 saturated heterocycles. The molecule has 1 aromatic heterocycles. The third kappa shape index (κ3) is 9.52. The summed E-state index contributed by atoms with van der Waals surface area (Å²) in [6.45, 7) is 0.201. The number of hydrogen-bond donors (Lipinski definition) is 10. The van der Waals surface area contributed by atoms with Crippen molar-refractivity contribution in [2.75, 3.05) is 26.4 Å². The van der Waals surface area contributed by atoms with E-state index in [1.807, 2.05) is 32.0 Å². The number of carboxylic acids is 1. The summed E-state index contributed by atoms with van der Waals surface area (Å²) in [5.74, 6) is -9.88. The topological polar surface area (TPSA) is 311 Å². The van der Waals surface area contributed by atoms with Crippen molar-refractivity contribution in [3.8, 4) is 22.6 Å². The highest BCUT2D eigenvalue weighted by Crippen LogP contribution is 2.45. The highest BCUT2D eigenvalue weighted by Gasteiger charge is 2.65. The van der Waals surface area contributed by atoms with Gasteiger partial charge in [0.25, 0.3) is 5.79 Å². The smallest absolute Gasteiger partial charge is 0.327 e. The quantitative estimate of drug-likeness (QED) is 0.0410. The van der Waals surface area contributed by atoms with Crippen molar-refractivity contribution in [1.82, 2.24) is 10.4 Å². The minimum atomic E-state index is -3.42. The second-order valence-corrected chi connectivity index (χ2v) is 18.0. The second-order valence-electron chi connectivity index (χ2n) is 18.0. The van der Waals surface area contributed by atoms with Crippen LogP contribution in [0.15, 0.2) is 98.5 Å². The van der Waals surface area contributed by atoms with Gasteiger partial charge in [0.05, 0.1) is 35.5 Å². The number of esters is 1. The number of aliphatic carboxylic acids is 1. The van der Waals surface area contributed by atoms with E-state index >= 15 is 0 Å². The maximum Gasteiger partial charge on any atom is 0.327 e. The number of phenols is 1. The van der Waals surface area contributed by atoms with Crippen molar-refractivity contribution in [2.45, 2.75) is 100 Å². The van der Waals surface area contributed by atoms with Gasteiger partial charge in [0.15, 0.2) is 17.5 Å². The molecule has 20 nitrogen and oxygen atoms in total. The van der Waals surface area contributed by atoms with E-state index in [0.717, 1.165) is 30.4 Å². The zero-order valence-electron chi connectivity index (χ0n) is 37.7. The van der Waals surface area contributed by atoms with Crippen LogP contribution in [0.25, 0.3) is 27.8 Å². The average Bonchev–Trinajstić information content (AvgIpc) is 3.90. The Morgan fingerprint density at radius 1 is 0.971 bits per heavy atom. The van der Waals surface area contributed by atoms with E-state index in [1.54, 1.807) is 12.3 Å². The van der Waals surface area contributed by atoms with Crippen molar-refractivity contribution >= 4 is 34.8 Å². The molecular weight excluding hydrogens is 903 g/mol. The van der Waals surface area contributed by atoms with Crippen LogP contribution in [0.3, 0.4) is 0 Å². The number of ether oxygens (including phenoxy) is 3. The summed E-state index contributed by atoms with van der Waals surface area (Å²) < 4.78 is 23.6. The van der Waals surface area contributed by atoms with Crippen molar-refractivity contribution in [3.63, 3.8) is 0 Å². The van der Waals surface area contributed by atoms with Gasteiger partial charge in [-0.25, -0.2) is 5.06 Å². The summed E-state index contributed by atoms with van der Waals surface area (Å²) in [6, 6.07) is 15.0. The lowest BCUT2D eigenvalue weighted by Crippen LogP contribution is -2.75. The second kappa shape index (κ2) is 19.8. The number of aliphatic imine (C=N–C) groups is 1. The molecule has 0 bridgehead atoms. The number of carbonyl (C=O) groups excluding carboxylic acids is 1. The molecule has 1 saturated carbocycles. The van der Waals surface area contributed by atoms with Gasteiger partial charge in [-0.15, -0.1) is 0 Å². The molecule has 0 spiro atoms. The van der Waals surface area contributed by atoms with Crippen LogP contribution in [-0.4, -0.2) is 143 Å². The van der Waals surface area contributed by atoms with Crippen LogP contribution in [0, 0.1) is 19.8 Å². The number of nitrogens with one attached hydrogen (secondary N) is 1. The third-order valence-electron chi connectivity index (χ3n) is 13.0. The summed E-state index contributed by atoms with van der Waals surface area (Å²) in [6.07, 6.45) is -2.12. The highest BCUT2D eigenvalue weighted by atomic mass is 16.8.